The second kappa shape index (κ2) is 6.04. The van der Waals surface area contributed by atoms with E-state index in [1.165, 1.54) is 6.20 Å². The average molecular weight is 260 g/mol. The number of aromatic nitrogens is 2. The summed E-state index contributed by atoms with van der Waals surface area (Å²) in [5.74, 6) is -0.556. The second-order valence-corrected chi connectivity index (χ2v) is 4.19. The molecule has 0 fully saturated rings. The van der Waals surface area contributed by atoms with Gasteiger partial charge in [-0.15, -0.1) is 0 Å². The van der Waals surface area contributed by atoms with Gasteiger partial charge in [-0.25, -0.2) is 4.79 Å². The van der Waals surface area contributed by atoms with E-state index >= 15 is 0 Å². The first-order valence-corrected chi connectivity index (χ1v) is 6.17. The molecule has 1 atom stereocenters. The molecule has 0 saturated heterocycles. The molecular formula is C14H16N2O3. The van der Waals surface area contributed by atoms with E-state index in [0.717, 1.165) is 13.0 Å². The monoisotopic (exact) mass is 260 g/mol. The van der Waals surface area contributed by atoms with Gasteiger partial charge in [-0.05, 0) is 6.42 Å². The van der Waals surface area contributed by atoms with Gasteiger partial charge in [0.2, 0.25) is 6.10 Å². The second-order valence-electron chi connectivity index (χ2n) is 4.19. The Morgan fingerprint density at radius 3 is 2.79 bits per heavy atom. The van der Waals surface area contributed by atoms with Crippen LogP contribution in [-0.2, 0) is 11.3 Å². The zero-order valence-electron chi connectivity index (χ0n) is 10.7. The Kier molecular flexibility index (Phi) is 4.18. The Balaban J connectivity index is 2.15. The molecule has 5 nitrogen and oxygen atoms in total. The number of aryl methyl sites for hydroxylation is 1. The van der Waals surface area contributed by atoms with E-state index in [1.807, 2.05) is 13.0 Å². The average Bonchev–Trinajstić information content (AvgIpc) is 2.85. The molecule has 100 valence electrons. The molecule has 0 aliphatic carbocycles. The van der Waals surface area contributed by atoms with Gasteiger partial charge < -0.3 is 9.84 Å². The lowest BCUT2D eigenvalue weighted by Gasteiger charge is -2.13. The first kappa shape index (κ1) is 13.1. The third kappa shape index (κ3) is 3.34. The highest BCUT2D eigenvalue weighted by molar-refractivity contribution is 5.74. The number of aliphatic carboxylic acids is 1. The minimum Gasteiger partial charge on any atom is -0.478 e. The lowest BCUT2D eigenvalue weighted by Crippen LogP contribution is -2.17. The molecule has 19 heavy (non-hydrogen) atoms. The van der Waals surface area contributed by atoms with E-state index in [4.69, 9.17) is 4.74 Å². The minimum atomic E-state index is -1.02. The van der Waals surface area contributed by atoms with Gasteiger partial charge in [-0.3, -0.25) is 4.68 Å². The van der Waals surface area contributed by atoms with Crippen LogP contribution < -0.4 is 4.74 Å². The quantitative estimate of drug-likeness (QED) is 0.866. The topological polar surface area (TPSA) is 64.3 Å². The molecule has 1 aromatic heterocycles. The van der Waals surface area contributed by atoms with Gasteiger partial charge in [0.25, 0.3) is 0 Å². The first-order valence-electron chi connectivity index (χ1n) is 6.17. The zero-order chi connectivity index (χ0) is 13.7. The normalized spacial score (nSPS) is 12.1. The van der Waals surface area contributed by atoms with Crippen molar-refractivity contribution >= 4 is 5.97 Å². The summed E-state index contributed by atoms with van der Waals surface area (Å²) in [7, 11) is 0. The van der Waals surface area contributed by atoms with Crippen molar-refractivity contribution in [2.75, 3.05) is 0 Å². The van der Waals surface area contributed by atoms with Crippen LogP contribution in [-0.4, -0.2) is 20.9 Å². The predicted octanol–water partition coefficient (Wildman–Crippen LogP) is 2.50. The maximum atomic E-state index is 11.3. The van der Waals surface area contributed by atoms with Gasteiger partial charge in [0.05, 0.1) is 12.4 Å². The molecule has 0 spiro atoms. The molecule has 1 unspecified atom stereocenters. The molecule has 1 heterocycles. The summed E-state index contributed by atoms with van der Waals surface area (Å²) < 4.78 is 7.24. The molecule has 0 aliphatic rings. The lowest BCUT2D eigenvalue weighted by molar-refractivity contribution is -0.145. The summed E-state index contributed by atoms with van der Waals surface area (Å²) >= 11 is 0. The third-order valence-corrected chi connectivity index (χ3v) is 2.64. The third-order valence-electron chi connectivity index (χ3n) is 2.64. The van der Waals surface area contributed by atoms with Gasteiger partial charge in [0.15, 0.2) is 5.75 Å². The highest BCUT2D eigenvalue weighted by Crippen LogP contribution is 2.21. The van der Waals surface area contributed by atoms with Crippen LogP contribution in [0.25, 0.3) is 0 Å². The van der Waals surface area contributed by atoms with Gasteiger partial charge in [-0.1, -0.05) is 37.3 Å². The largest absolute Gasteiger partial charge is 0.478 e. The Labute approximate surface area is 111 Å². The molecule has 0 aliphatic heterocycles. The number of benzene rings is 1. The Bertz CT molecular complexity index is 537. The number of rotatable bonds is 6. The molecule has 5 heteroatoms. The molecular weight excluding hydrogens is 244 g/mol. The molecule has 0 bridgehead atoms. The van der Waals surface area contributed by atoms with Crippen molar-refractivity contribution in [2.24, 2.45) is 0 Å². The molecule has 1 aromatic carbocycles. The standard InChI is InChI=1S/C14H16N2O3/c1-2-8-16-10-12(9-15-16)19-13(14(17)18)11-6-4-3-5-7-11/h3-7,9-10,13H,2,8H2,1H3,(H,17,18). The van der Waals surface area contributed by atoms with Crippen molar-refractivity contribution in [1.82, 2.24) is 9.78 Å². The molecule has 2 rings (SSSR count). The summed E-state index contributed by atoms with van der Waals surface area (Å²) in [4.78, 5) is 11.3. The van der Waals surface area contributed by atoms with Gasteiger partial charge in [0.1, 0.15) is 0 Å². The van der Waals surface area contributed by atoms with E-state index < -0.39 is 12.1 Å². The maximum absolute atomic E-state index is 11.3. The van der Waals surface area contributed by atoms with Crippen LogP contribution >= 0.6 is 0 Å². The van der Waals surface area contributed by atoms with E-state index in [2.05, 4.69) is 5.10 Å². The van der Waals surface area contributed by atoms with E-state index in [-0.39, 0.29) is 0 Å². The zero-order valence-corrected chi connectivity index (χ0v) is 10.7. The lowest BCUT2D eigenvalue weighted by atomic mass is 10.1. The van der Waals surface area contributed by atoms with Crippen LogP contribution in [0.4, 0.5) is 0 Å². The fourth-order valence-electron chi connectivity index (χ4n) is 1.78. The summed E-state index contributed by atoms with van der Waals surface area (Å²) in [6.07, 6.45) is 3.19. The van der Waals surface area contributed by atoms with Gasteiger partial charge in [0, 0.05) is 12.1 Å². The molecule has 1 N–H and O–H groups in total. The smallest absolute Gasteiger partial charge is 0.349 e. The highest BCUT2D eigenvalue weighted by Gasteiger charge is 2.22. The molecule has 2 aromatic rings. The van der Waals surface area contributed by atoms with Crippen molar-refractivity contribution in [2.45, 2.75) is 26.0 Å². The Morgan fingerprint density at radius 1 is 1.42 bits per heavy atom. The maximum Gasteiger partial charge on any atom is 0.349 e. The number of ether oxygens (including phenoxy) is 1. The van der Waals surface area contributed by atoms with Crippen molar-refractivity contribution in [3.63, 3.8) is 0 Å². The molecule has 0 saturated carbocycles. The minimum absolute atomic E-state index is 0.463. The van der Waals surface area contributed by atoms with Crippen molar-refractivity contribution in [3.8, 4) is 5.75 Å². The van der Waals surface area contributed by atoms with E-state index in [9.17, 15) is 9.90 Å². The number of carboxylic acid groups (broad SMARTS) is 1. The number of carbonyl (C=O) groups is 1. The molecule has 0 radical (unpaired) electrons. The van der Waals surface area contributed by atoms with Gasteiger partial charge >= 0.3 is 5.97 Å². The van der Waals surface area contributed by atoms with Crippen LogP contribution in [0.3, 0.4) is 0 Å². The molecule has 0 amide bonds. The number of hydrogen-bond acceptors (Lipinski definition) is 3. The van der Waals surface area contributed by atoms with Crippen LogP contribution in [0.2, 0.25) is 0 Å². The van der Waals surface area contributed by atoms with Crippen LogP contribution in [0.15, 0.2) is 42.7 Å². The van der Waals surface area contributed by atoms with Crippen LogP contribution in [0.1, 0.15) is 25.0 Å². The Hall–Kier alpha value is -2.30. The summed E-state index contributed by atoms with van der Waals surface area (Å²) in [6, 6.07) is 8.87. The highest BCUT2D eigenvalue weighted by atomic mass is 16.5. The van der Waals surface area contributed by atoms with Crippen molar-refractivity contribution in [1.29, 1.82) is 0 Å². The summed E-state index contributed by atoms with van der Waals surface area (Å²) in [6.45, 7) is 2.83. The first-order chi connectivity index (χ1) is 9.20. The van der Waals surface area contributed by atoms with E-state index in [0.29, 0.717) is 11.3 Å². The fraction of sp³-hybridized carbons (Fsp3) is 0.286. The van der Waals surface area contributed by atoms with Crippen molar-refractivity contribution in [3.05, 3.63) is 48.3 Å². The number of hydrogen-bond donors (Lipinski definition) is 1. The van der Waals surface area contributed by atoms with Crippen molar-refractivity contribution < 1.29 is 14.6 Å². The summed E-state index contributed by atoms with van der Waals surface area (Å²) in [5.41, 5.74) is 0.609. The van der Waals surface area contributed by atoms with Gasteiger partial charge in [-0.2, -0.15) is 5.10 Å². The van der Waals surface area contributed by atoms with Crippen LogP contribution in [0, 0.1) is 0 Å². The fourth-order valence-corrected chi connectivity index (χ4v) is 1.78. The number of carboxylic acids is 1. The predicted molar refractivity (Wildman–Crippen MR) is 70.0 cm³/mol. The Morgan fingerprint density at radius 2 is 2.16 bits per heavy atom. The summed E-state index contributed by atoms with van der Waals surface area (Å²) in [5, 5.41) is 13.4. The number of nitrogens with zero attached hydrogens (tertiary/aromatic N) is 2. The van der Waals surface area contributed by atoms with E-state index in [1.54, 1.807) is 35.1 Å². The van der Waals surface area contributed by atoms with Crippen LogP contribution in [0.5, 0.6) is 5.75 Å². The SMILES string of the molecule is CCCn1cc(OC(C(=O)O)c2ccccc2)cn1.